The molecule has 2 unspecified atom stereocenters. The second-order valence-corrected chi connectivity index (χ2v) is 12.9. The van der Waals surface area contributed by atoms with Crippen LogP contribution in [0.3, 0.4) is 0 Å². The SMILES string of the molecule is CC1Cc2ccccc2-c2c1n(-c1ccccc1)c1cc3c(cc21)c1ccccc1n3C1Nc2ccccc2N=C1c1ccccc1. The number of nitrogens with one attached hydrogen (secondary N) is 1. The summed E-state index contributed by atoms with van der Waals surface area (Å²) >= 11 is 0. The van der Waals surface area contributed by atoms with Crippen LogP contribution in [0.25, 0.3) is 49.5 Å². The van der Waals surface area contributed by atoms with E-state index in [1.54, 1.807) is 0 Å². The van der Waals surface area contributed by atoms with Gasteiger partial charge in [0.05, 0.1) is 33.6 Å². The second kappa shape index (κ2) is 10.1. The molecule has 1 N–H and O–H groups in total. The van der Waals surface area contributed by atoms with Crippen molar-refractivity contribution in [1.82, 2.24) is 9.13 Å². The largest absolute Gasteiger partial charge is 0.358 e. The molecule has 3 heterocycles. The smallest absolute Gasteiger partial charge is 0.148 e. The minimum atomic E-state index is -0.207. The first-order valence-corrected chi connectivity index (χ1v) is 16.5. The third-order valence-corrected chi connectivity index (χ3v) is 10.2. The fourth-order valence-corrected chi connectivity index (χ4v) is 8.17. The summed E-state index contributed by atoms with van der Waals surface area (Å²) in [5.74, 6) is 0.374. The van der Waals surface area contributed by atoms with Crippen molar-refractivity contribution in [2.75, 3.05) is 5.32 Å². The van der Waals surface area contributed by atoms with Gasteiger partial charge in [0.25, 0.3) is 0 Å². The lowest BCUT2D eigenvalue weighted by Gasteiger charge is -2.30. The Morgan fingerprint density at radius 2 is 1.36 bits per heavy atom. The molecule has 4 heteroatoms. The highest BCUT2D eigenvalue weighted by molar-refractivity contribution is 6.17. The van der Waals surface area contributed by atoms with Crippen molar-refractivity contribution in [3.8, 4) is 16.8 Å². The van der Waals surface area contributed by atoms with E-state index >= 15 is 0 Å². The topological polar surface area (TPSA) is 34.2 Å². The molecule has 0 amide bonds. The number of rotatable bonds is 3. The molecule has 0 radical (unpaired) electrons. The van der Waals surface area contributed by atoms with E-state index in [9.17, 15) is 0 Å². The molecule has 2 aromatic heterocycles. The van der Waals surface area contributed by atoms with Gasteiger partial charge in [-0.25, -0.2) is 4.99 Å². The van der Waals surface area contributed by atoms with Crippen molar-refractivity contribution in [3.05, 3.63) is 162 Å². The molecule has 4 nitrogen and oxygen atoms in total. The number of hydrogen-bond donors (Lipinski definition) is 1. The fraction of sp³-hybridized carbons (Fsp3) is 0.0930. The quantitative estimate of drug-likeness (QED) is 0.214. The van der Waals surface area contributed by atoms with Crippen LogP contribution in [0.2, 0.25) is 0 Å². The van der Waals surface area contributed by atoms with E-state index in [4.69, 9.17) is 4.99 Å². The molecule has 6 aromatic carbocycles. The van der Waals surface area contributed by atoms with Crippen molar-refractivity contribution in [2.24, 2.45) is 4.99 Å². The van der Waals surface area contributed by atoms with Crippen LogP contribution < -0.4 is 5.32 Å². The van der Waals surface area contributed by atoms with Crippen LogP contribution in [-0.2, 0) is 6.42 Å². The molecular formula is C43H32N4. The zero-order valence-electron chi connectivity index (χ0n) is 26.1. The first-order chi connectivity index (χ1) is 23.2. The van der Waals surface area contributed by atoms with Gasteiger partial charge in [-0.05, 0) is 60.0 Å². The number of fused-ring (bicyclic) bond motifs is 9. The monoisotopic (exact) mass is 604 g/mol. The highest BCUT2D eigenvalue weighted by Gasteiger charge is 2.32. The fourth-order valence-electron chi connectivity index (χ4n) is 8.17. The highest BCUT2D eigenvalue weighted by atomic mass is 15.2. The Kier molecular flexibility index (Phi) is 5.64. The first kappa shape index (κ1) is 26.4. The third kappa shape index (κ3) is 3.85. The molecule has 0 saturated carbocycles. The summed E-state index contributed by atoms with van der Waals surface area (Å²) in [6.07, 6.45) is 0.824. The van der Waals surface area contributed by atoms with E-state index in [1.165, 1.54) is 60.8 Å². The van der Waals surface area contributed by atoms with Crippen molar-refractivity contribution in [1.29, 1.82) is 0 Å². The maximum Gasteiger partial charge on any atom is 0.148 e. The zero-order chi connectivity index (χ0) is 31.1. The van der Waals surface area contributed by atoms with E-state index in [0.29, 0.717) is 5.92 Å². The van der Waals surface area contributed by atoms with Gasteiger partial charge in [-0.2, -0.15) is 0 Å². The summed E-state index contributed by atoms with van der Waals surface area (Å²) in [5.41, 5.74) is 14.5. The van der Waals surface area contributed by atoms with E-state index < -0.39 is 0 Å². The molecule has 2 atom stereocenters. The Labute approximate surface area is 273 Å². The minimum Gasteiger partial charge on any atom is -0.358 e. The predicted molar refractivity (Wildman–Crippen MR) is 196 cm³/mol. The Morgan fingerprint density at radius 3 is 2.23 bits per heavy atom. The van der Waals surface area contributed by atoms with Gasteiger partial charge in [0.15, 0.2) is 0 Å². The zero-order valence-corrected chi connectivity index (χ0v) is 26.1. The molecule has 1 aliphatic carbocycles. The number of aliphatic imine (C=N–C) groups is 1. The standard InChI is InChI=1S/C43H32N4/c1-27-24-29-16-8-9-19-31(29)40-34-25-33-32-20-10-13-23-37(32)47(38(33)26-39(34)46(42(27)40)30-17-6-3-7-18-30)43-41(28-14-4-2-5-15-28)44-35-21-11-12-22-36(35)45-43/h2-23,25-27,43,45H,24H2,1H3. The average molecular weight is 605 g/mol. The van der Waals surface area contributed by atoms with Crippen LogP contribution in [0.15, 0.2) is 151 Å². The molecule has 8 aromatic rings. The molecule has 47 heavy (non-hydrogen) atoms. The predicted octanol–water partition coefficient (Wildman–Crippen LogP) is 10.8. The van der Waals surface area contributed by atoms with Gasteiger partial charge in [-0.3, -0.25) is 0 Å². The van der Waals surface area contributed by atoms with Crippen LogP contribution in [0.4, 0.5) is 11.4 Å². The van der Waals surface area contributed by atoms with Crippen molar-refractivity contribution in [3.63, 3.8) is 0 Å². The Hall–Kier alpha value is -5.87. The molecule has 0 spiro atoms. The molecule has 0 fully saturated rings. The van der Waals surface area contributed by atoms with Gasteiger partial charge in [-0.15, -0.1) is 0 Å². The van der Waals surface area contributed by atoms with Gasteiger partial charge in [-0.1, -0.05) is 110 Å². The molecule has 1 aliphatic heterocycles. The summed E-state index contributed by atoms with van der Waals surface area (Å²) in [6, 6.07) is 52.6. The summed E-state index contributed by atoms with van der Waals surface area (Å²) in [6.45, 7) is 2.38. The van der Waals surface area contributed by atoms with Crippen LogP contribution in [0.1, 0.15) is 35.8 Å². The van der Waals surface area contributed by atoms with Gasteiger partial charge in [0, 0.05) is 44.6 Å². The summed E-state index contributed by atoms with van der Waals surface area (Å²) in [7, 11) is 0. The van der Waals surface area contributed by atoms with Gasteiger partial charge >= 0.3 is 0 Å². The Bertz CT molecular complexity index is 2540. The van der Waals surface area contributed by atoms with Crippen LogP contribution >= 0.6 is 0 Å². The van der Waals surface area contributed by atoms with E-state index in [0.717, 1.165) is 29.1 Å². The number of benzene rings is 6. The van der Waals surface area contributed by atoms with Crippen LogP contribution in [0.5, 0.6) is 0 Å². The van der Waals surface area contributed by atoms with E-state index in [1.807, 2.05) is 0 Å². The van der Waals surface area contributed by atoms with Crippen LogP contribution in [0, 0.1) is 0 Å². The second-order valence-electron chi connectivity index (χ2n) is 12.9. The molecule has 10 rings (SSSR count). The number of para-hydroxylation sites is 4. The number of anilines is 1. The van der Waals surface area contributed by atoms with E-state index in [2.05, 4.69) is 167 Å². The summed E-state index contributed by atoms with van der Waals surface area (Å²) in [5, 5.41) is 7.72. The minimum absolute atomic E-state index is 0.207. The summed E-state index contributed by atoms with van der Waals surface area (Å²) < 4.78 is 5.01. The normalized spacial score (nSPS) is 16.8. The molecule has 2 aliphatic rings. The maximum absolute atomic E-state index is 5.31. The lowest BCUT2D eigenvalue weighted by molar-refractivity contribution is 0.706. The van der Waals surface area contributed by atoms with E-state index in [-0.39, 0.29) is 6.17 Å². The van der Waals surface area contributed by atoms with Gasteiger partial charge < -0.3 is 14.5 Å². The van der Waals surface area contributed by atoms with Crippen LogP contribution in [-0.4, -0.2) is 14.8 Å². The summed E-state index contributed by atoms with van der Waals surface area (Å²) in [4.78, 5) is 5.31. The van der Waals surface area contributed by atoms with Gasteiger partial charge in [0.2, 0.25) is 0 Å². The highest BCUT2D eigenvalue weighted by Crippen LogP contribution is 2.49. The number of nitrogens with zero attached hydrogens (tertiary/aromatic N) is 3. The maximum atomic E-state index is 5.31. The van der Waals surface area contributed by atoms with Crippen molar-refractivity contribution < 1.29 is 0 Å². The lowest BCUT2D eigenvalue weighted by atomic mass is 9.82. The van der Waals surface area contributed by atoms with Crippen molar-refractivity contribution >= 4 is 49.8 Å². The Balaban J connectivity index is 1.33. The average Bonchev–Trinajstić information content (AvgIpc) is 3.64. The van der Waals surface area contributed by atoms with Gasteiger partial charge in [0.1, 0.15) is 6.17 Å². The molecular weight excluding hydrogens is 573 g/mol. The van der Waals surface area contributed by atoms with Crippen molar-refractivity contribution in [2.45, 2.75) is 25.4 Å². The molecule has 0 bridgehead atoms. The number of hydrogen-bond acceptors (Lipinski definition) is 2. The number of aromatic nitrogens is 2. The third-order valence-electron chi connectivity index (χ3n) is 10.2. The molecule has 0 saturated heterocycles. The Morgan fingerprint density at radius 1 is 0.638 bits per heavy atom. The first-order valence-electron chi connectivity index (χ1n) is 16.5. The molecule has 224 valence electrons. The lowest BCUT2D eigenvalue weighted by Crippen LogP contribution is -2.30.